The third kappa shape index (κ3) is 4.53. The summed E-state index contributed by atoms with van der Waals surface area (Å²) in [6.07, 6.45) is 0. The first-order valence-electron chi connectivity index (χ1n) is 5.63. The molecule has 1 aromatic carbocycles. The Morgan fingerprint density at radius 1 is 1.28 bits per heavy atom. The van der Waals surface area contributed by atoms with Crippen LogP contribution < -0.4 is 10.6 Å². The maximum absolute atomic E-state index is 12.9. The number of anilines is 1. The topological polar surface area (TPSA) is 58.2 Å². The summed E-state index contributed by atoms with van der Waals surface area (Å²) in [5, 5.41) is 4.88. The molecule has 1 aromatic rings. The molecule has 0 spiro atoms. The van der Waals surface area contributed by atoms with Crippen molar-refractivity contribution in [3.63, 3.8) is 0 Å². The molecule has 98 valence electrons. The maximum Gasteiger partial charge on any atom is 0.319 e. The van der Waals surface area contributed by atoms with Crippen LogP contribution in [0.4, 0.5) is 14.9 Å². The lowest BCUT2D eigenvalue weighted by Gasteiger charge is -2.16. The van der Waals surface area contributed by atoms with Crippen LogP contribution in [0.15, 0.2) is 24.3 Å². The van der Waals surface area contributed by atoms with Crippen LogP contribution in [-0.4, -0.2) is 18.4 Å². The normalized spacial score (nSPS) is 10.9. The number of ketones is 1. The lowest BCUT2D eigenvalue weighted by atomic mass is 9.91. The molecule has 0 fully saturated rings. The van der Waals surface area contributed by atoms with Crippen LogP contribution in [0, 0.1) is 11.2 Å². The van der Waals surface area contributed by atoms with Crippen molar-refractivity contribution < 1.29 is 14.0 Å². The predicted molar refractivity (Wildman–Crippen MR) is 67.9 cm³/mol. The van der Waals surface area contributed by atoms with Gasteiger partial charge in [-0.05, 0) is 18.2 Å². The number of carbonyl (C=O) groups excluding carboxylic acids is 2. The smallest absolute Gasteiger partial charge is 0.319 e. The molecule has 0 atom stereocenters. The fourth-order valence-corrected chi connectivity index (χ4v) is 1.17. The molecular weight excluding hydrogens is 235 g/mol. The average Bonchev–Trinajstić information content (AvgIpc) is 2.24. The number of Topliss-reactive ketones (excluding diaryl/α,β-unsaturated/α-hetero) is 1. The zero-order chi connectivity index (χ0) is 13.8. The van der Waals surface area contributed by atoms with E-state index < -0.39 is 17.3 Å². The fourth-order valence-electron chi connectivity index (χ4n) is 1.17. The van der Waals surface area contributed by atoms with E-state index in [0.717, 1.165) is 0 Å². The van der Waals surface area contributed by atoms with Crippen molar-refractivity contribution in [2.75, 3.05) is 11.9 Å². The molecule has 18 heavy (non-hydrogen) atoms. The average molecular weight is 252 g/mol. The zero-order valence-corrected chi connectivity index (χ0v) is 10.7. The maximum atomic E-state index is 12.9. The van der Waals surface area contributed by atoms with Crippen molar-refractivity contribution in [2.45, 2.75) is 20.8 Å². The molecule has 0 saturated carbocycles. The first kappa shape index (κ1) is 14.2. The molecule has 0 aromatic heterocycles. The number of amides is 2. The summed E-state index contributed by atoms with van der Waals surface area (Å²) in [4.78, 5) is 23.0. The molecule has 0 radical (unpaired) electrons. The van der Waals surface area contributed by atoms with E-state index in [4.69, 9.17) is 0 Å². The summed E-state index contributed by atoms with van der Waals surface area (Å²) in [6, 6.07) is 5.01. The summed E-state index contributed by atoms with van der Waals surface area (Å²) >= 11 is 0. The van der Waals surface area contributed by atoms with Crippen molar-refractivity contribution in [1.29, 1.82) is 0 Å². The van der Waals surface area contributed by atoms with Crippen LogP contribution in [0.3, 0.4) is 0 Å². The molecule has 0 saturated heterocycles. The van der Waals surface area contributed by atoms with Crippen LogP contribution in [0.1, 0.15) is 20.8 Å². The van der Waals surface area contributed by atoms with Gasteiger partial charge >= 0.3 is 6.03 Å². The van der Waals surface area contributed by atoms with Crippen molar-refractivity contribution in [2.24, 2.45) is 5.41 Å². The van der Waals surface area contributed by atoms with Gasteiger partial charge < -0.3 is 10.6 Å². The van der Waals surface area contributed by atoms with Crippen molar-refractivity contribution >= 4 is 17.5 Å². The van der Waals surface area contributed by atoms with Crippen LogP contribution in [0.2, 0.25) is 0 Å². The minimum atomic E-state index is -0.529. The summed E-state index contributed by atoms with van der Waals surface area (Å²) in [5.74, 6) is -0.504. The van der Waals surface area contributed by atoms with Gasteiger partial charge in [0, 0.05) is 11.1 Å². The molecule has 0 unspecified atom stereocenters. The number of benzene rings is 1. The van der Waals surface area contributed by atoms with Crippen LogP contribution in [-0.2, 0) is 4.79 Å². The predicted octanol–water partition coefficient (Wildman–Crippen LogP) is 2.56. The van der Waals surface area contributed by atoms with E-state index in [9.17, 15) is 14.0 Å². The number of halogens is 1. The van der Waals surface area contributed by atoms with E-state index in [1.807, 2.05) is 0 Å². The summed E-state index contributed by atoms with van der Waals surface area (Å²) in [5.41, 5.74) is -0.151. The van der Waals surface area contributed by atoms with Crippen LogP contribution in [0.5, 0.6) is 0 Å². The molecule has 2 amide bonds. The Morgan fingerprint density at radius 3 is 2.50 bits per heavy atom. The van der Waals surface area contributed by atoms with Crippen molar-refractivity contribution in [1.82, 2.24) is 5.32 Å². The Hall–Kier alpha value is -1.91. The number of hydrogen-bond donors (Lipinski definition) is 2. The highest BCUT2D eigenvalue weighted by Crippen LogP contribution is 2.13. The van der Waals surface area contributed by atoms with Crippen LogP contribution >= 0.6 is 0 Å². The van der Waals surface area contributed by atoms with E-state index in [1.165, 1.54) is 18.2 Å². The fraction of sp³-hybridized carbons (Fsp3) is 0.385. The third-order valence-electron chi connectivity index (χ3n) is 2.33. The molecule has 0 aliphatic carbocycles. The Labute approximate surface area is 106 Å². The van der Waals surface area contributed by atoms with Crippen molar-refractivity contribution in [3.05, 3.63) is 30.1 Å². The molecule has 4 nitrogen and oxygen atoms in total. The SMILES string of the molecule is CC(C)(C)C(=O)CNC(=O)Nc1cccc(F)c1. The first-order valence-corrected chi connectivity index (χ1v) is 5.63. The van der Waals surface area contributed by atoms with E-state index in [0.29, 0.717) is 5.69 Å². The molecule has 0 bridgehead atoms. The lowest BCUT2D eigenvalue weighted by Crippen LogP contribution is -2.37. The van der Waals surface area contributed by atoms with Gasteiger partial charge in [-0.15, -0.1) is 0 Å². The Balaban J connectivity index is 2.46. The number of urea groups is 1. The number of nitrogens with one attached hydrogen (secondary N) is 2. The van der Waals surface area contributed by atoms with E-state index >= 15 is 0 Å². The second-order valence-electron chi connectivity index (χ2n) is 4.99. The summed E-state index contributed by atoms with van der Waals surface area (Å²) in [7, 11) is 0. The van der Waals surface area contributed by atoms with Gasteiger partial charge in [0.05, 0.1) is 6.54 Å². The highest BCUT2D eigenvalue weighted by molar-refractivity contribution is 5.94. The van der Waals surface area contributed by atoms with Gasteiger partial charge in [-0.1, -0.05) is 26.8 Å². The van der Waals surface area contributed by atoms with Gasteiger partial charge in [0.25, 0.3) is 0 Å². The quantitative estimate of drug-likeness (QED) is 0.868. The monoisotopic (exact) mass is 252 g/mol. The largest absolute Gasteiger partial charge is 0.331 e. The Bertz CT molecular complexity index is 453. The summed E-state index contributed by atoms with van der Waals surface area (Å²) < 4.78 is 12.9. The van der Waals surface area contributed by atoms with E-state index in [1.54, 1.807) is 26.8 Å². The standard InChI is InChI=1S/C13H17FN2O2/c1-13(2,3)11(17)8-15-12(18)16-10-6-4-5-9(14)7-10/h4-7H,8H2,1-3H3,(H2,15,16,18). The third-order valence-corrected chi connectivity index (χ3v) is 2.33. The van der Waals surface area contributed by atoms with Gasteiger partial charge in [-0.3, -0.25) is 4.79 Å². The Kier molecular flexibility index (Phi) is 4.42. The van der Waals surface area contributed by atoms with Gasteiger partial charge in [0.15, 0.2) is 5.78 Å². The zero-order valence-electron chi connectivity index (χ0n) is 10.7. The van der Waals surface area contributed by atoms with Crippen LogP contribution in [0.25, 0.3) is 0 Å². The van der Waals surface area contributed by atoms with Crippen molar-refractivity contribution in [3.8, 4) is 0 Å². The molecule has 5 heteroatoms. The van der Waals surface area contributed by atoms with E-state index in [2.05, 4.69) is 10.6 Å². The van der Waals surface area contributed by atoms with Gasteiger partial charge in [-0.25, -0.2) is 9.18 Å². The summed E-state index contributed by atoms with van der Waals surface area (Å²) in [6.45, 7) is 5.29. The van der Waals surface area contributed by atoms with E-state index in [-0.39, 0.29) is 12.3 Å². The molecule has 0 aliphatic rings. The number of rotatable bonds is 3. The number of carbonyl (C=O) groups is 2. The highest BCUT2D eigenvalue weighted by Gasteiger charge is 2.21. The molecular formula is C13H17FN2O2. The molecule has 0 aliphatic heterocycles. The molecule has 1 rings (SSSR count). The highest BCUT2D eigenvalue weighted by atomic mass is 19.1. The number of hydrogen-bond acceptors (Lipinski definition) is 2. The van der Waals surface area contributed by atoms with Gasteiger partial charge in [-0.2, -0.15) is 0 Å². The molecule has 0 heterocycles. The lowest BCUT2D eigenvalue weighted by molar-refractivity contribution is -0.125. The molecule has 2 N–H and O–H groups in total. The minimum Gasteiger partial charge on any atom is -0.331 e. The second-order valence-corrected chi connectivity index (χ2v) is 4.99. The van der Waals surface area contributed by atoms with Gasteiger partial charge in [0.1, 0.15) is 5.82 Å². The Morgan fingerprint density at radius 2 is 1.94 bits per heavy atom. The first-order chi connectivity index (χ1) is 8.29. The second kappa shape index (κ2) is 5.62. The minimum absolute atomic E-state index is 0.0509. The van der Waals surface area contributed by atoms with Gasteiger partial charge in [0.2, 0.25) is 0 Å².